The minimum atomic E-state index is -3.26. The van der Waals surface area contributed by atoms with Gasteiger partial charge in [-0.25, -0.2) is 12.8 Å². The highest BCUT2D eigenvalue weighted by Gasteiger charge is 2.25. The third-order valence-electron chi connectivity index (χ3n) is 4.74. The summed E-state index contributed by atoms with van der Waals surface area (Å²) in [5.41, 5.74) is 5.15. The predicted octanol–water partition coefficient (Wildman–Crippen LogP) is 3.95. The number of aliphatic hydroxyl groups is 1. The van der Waals surface area contributed by atoms with Crippen molar-refractivity contribution in [1.82, 2.24) is 0 Å². The first-order valence-corrected chi connectivity index (χ1v) is 10.4. The van der Waals surface area contributed by atoms with Crippen molar-refractivity contribution in [2.45, 2.75) is 18.2 Å². The van der Waals surface area contributed by atoms with Crippen LogP contribution in [0.15, 0.2) is 46.9 Å². The van der Waals surface area contributed by atoms with Crippen LogP contribution >= 0.6 is 0 Å². The molecule has 0 aromatic heterocycles. The van der Waals surface area contributed by atoms with Crippen molar-refractivity contribution in [3.05, 3.63) is 64.5 Å². The van der Waals surface area contributed by atoms with Crippen LogP contribution in [0.1, 0.15) is 30.0 Å². The summed E-state index contributed by atoms with van der Waals surface area (Å²) < 4.78 is 42.6. The van der Waals surface area contributed by atoms with E-state index in [1.54, 1.807) is 30.3 Å². The monoisotopic (exact) mass is 388 g/mol. The van der Waals surface area contributed by atoms with Crippen LogP contribution < -0.4 is 4.74 Å². The Kier molecular flexibility index (Phi) is 5.22. The minimum absolute atomic E-state index is 0.0118. The molecule has 4 nitrogen and oxygen atoms in total. The lowest BCUT2D eigenvalue weighted by molar-refractivity contribution is 0.305. The van der Waals surface area contributed by atoms with Gasteiger partial charge in [0.2, 0.25) is 0 Å². The topological polar surface area (TPSA) is 63.6 Å². The van der Waals surface area contributed by atoms with Crippen LogP contribution in [-0.2, 0) is 9.84 Å². The highest BCUT2D eigenvalue weighted by molar-refractivity contribution is 7.90. The Hall–Kier alpha value is -2.44. The second-order valence-electron chi connectivity index (χ2n) is 6.51. The number of hydrogen-bond acceptors (Lipinski definition) is 4. The van der Waals surface area contributed by atoms with Crippen LogP contribution in [0, 0.1) is 5.82 Å². The number of aliphatic hydroxyl groups excluding tert-OH is 1. The molecular weight excluding hydrogens is 367 g/mol. The minimum Gasteiger partial charge on any atom is -0.494 e. The van der Waals surface area contributed by atoms with Crippen molar-refractivity contribution >= 4 is 27.1 Å². The summed E-state index contributed by atoms with van der Waals surface area (Å²) in [4.78, 5) is 0.250. The highest BCUT2D eigenvalue weighted by atomic mass is 32.2. The summed E-state index contributed by atoms with van der Waals surface area (Å²) in [7, 11) is -1.84. The quantitative estimate of drug-likeness (QED) is 0.842. The molecule has 0 amide bonds. The molecule has 142 valence electrons. The average Bonchev–Trinajstić information content (AvgIpc) is 2.86. The van der Waals surface area contributed by atoms with Gasteiger partial charge in [0, 0.05) is 12.9 Å². The van der Waals surface area contributed by atoms with E-state index in [1.807, 2.05) is 13.0 Å². The van der Waals surface area contributed by atoms with E-state index in [-0.39, 0.29) is 17.3 Å². The van der Waals surface area contributed by atoms with E-state index in [0.29, 0.717) is 6.42 Å². The van der Waals surface area contributed by atoms with Gasteiger partial charge in [-0.05, 0) is 77.1 Å². The van der Waals surface area contributed by atoms with Gasteiger partial charge in [0.1, 0.15) is 0 Å². The van der Waals surface area contributed by atoms with Gasteiger partial charge < -0.3 is 9.84 Å². The van der Waals surface area contributed by atoms with Crippen LogP contribution in [0.5, 0.6) is 5.75 Å². The summed E-state index contributed by atoms with van der Waals surface area (Å²) in [6.07, 6.45) is 3.52. The molecule has 0 heterocycles. The van der Waals surface area contributed by atoms with Crippen LogP contribution in [0.2, 0.25) is 0 Å². The van der Waals surface area contributed by atoms with Crippen LogP contribution in [0.25, 0.3) is 17.2 Å². The molecule has 1 N–H and O–H groups in total. The Morgan fingerprint density at radius 3 is 2.37 bits per heavy atom. The van der Waals surface area contributed by atoms with E-state index in [1.165, 1.54) is 13.2 Å². The van der Waals surface area contributed by atoms with Gasteiger partial charge in [0.25, 0.3) is 0 Å². The Labute approximate surface area is 158 Å². The standard InChI is InChI=1S/C21H21FO4S/c1-13-16(8-9-23)19-12-21(26-2)20(22)11-18(19)17(13)10-14-4-6-15(7-5-14)27(3,24)25/h4-7,10-12,23H,8-9H2,1-3H3/b17-10-. The largest absolute Gasteiger partial charge is 0.494 e. The van der Waals surface area contributed by atoms with Crippen molar-refractivity contribution in [1.29, 1.82) is 0 Å². The normalized spacial score (nSPS) is 15.4. The summed E-state index contributed by atoms with van der Waals surface area (Å²) in [5.74, 6) is -0.289. The zero-order valence-corrected chi connectivity index (χ0v) is 16.2. The van der Waals surface area contributed by atoms with E-state index in [9.17, 15) is 17.9 Å². The highest BCUT2D eigenvalue weighted by Crippen LogP contribution is 2.45. The van der Waals surface area contributed by atoms with E-state index < -0.39 is 15.7 Å². The molecule has 0 unspecified atom stereocenters. The Balaban J connectivity index is 2.13. The van der Waals surface area contributed by atoms with Crippen molar-refractivity contribution in [2.24, 2.45) is 0 Å². The number of halogens is 1. The lowest BCUT2D eigenvalue weighted by atomic mass is 10.00. The first-order valence-electron chi connectivity index (χ1n) is 8.47. The van der Waals surface area contributed by atoms with E-state index in [0.717, 1.165) is 39.7 Å². The first-order chi connectivity index (χ1) is 12.8. The molecule has 27 heavy (non-hydrogen) atoms. The molecule has 0 saturated heterocycles. The van der Waals surface area contributed by atoms with Crippen LogP contribution in [0.3, 0.4) is 0 Å². The van der Waals surface area contributed by atoms with E-state index in [2.05, 4.69) is 0 Å². The molecule has 0 radical (unpaired) electrons. The number of allylic oxidation sites excluding steroid dienone is 2. The summed E-state index contributed by atoms with van der Waals surface area (Å²) in [6, 6.07) is 9.66. The number of benzene rings is 2. The van der Waals surface area contributed by atoms with E-state index in [4.69, 9.17) is 4.74 Å². The van der Waals surface area contributed by atoms with Crippen molar-refractivity contribution < 1.29 is 22.7 Å². The van der Waals surface area contributed by atoms with Crippen molar-refractivity contribution in [2.75, 3.05) is 20.0 Å². The lowest BCUT2D eigenvalue weighted by Crippen LogP contribution is -1.96. The molecule has 0 saturated carbocycles. The van der Waals surface area contributed by atoms with Gasteiger partial charge in [-0.3, -0.25) is 0 Å². The molecule has 0 aliphatic heterocycles. The molecule has 6 heteroatoms. The maximum atomic E-state index is 14.3. The number of rotatable bonds is 5. The van der Waals surface area contributed by atoms with Crippen molar-refractivity contribution in [3.8, 4) is 5.75 Å². The maximum Gasteiger partial charge on any atom is 0.175 e. The van der Waals surface area contributed by atoms with Gasteiger partial charge in [-0.2, -0.15) is 0 Å². The summed E-state index contributed by atoms with van der Waals surface area (Å²) >= 11 is 0. The Bertz CT molecular complexity index is 1050. The molecule has 0 spiro atoms. The fourth-order valence-corrected chi connectivity index (χ4v) is 3.98. The second kappa shape index (κ2) is 7.29. The average molecular weight is 388 g/mol. The number of hydrogen-bond donors (Lipinski definition) is 1. The molecule has 0 atom stereocenters. The molecule has 1 aliphatic rings. The van der Waals surface area contributed by atoms with E-state index >= 15 is 0 Å². The number of ether oxygens (including phenoxy) is 1. The fraction of sp³-hybridized carbons (Fsp3) is 0.238. The first kappa shape index (κ1) is 19.3. The predicted molar refractivity (Wildman–Crippen MR) is 105 cm³/mol. The maximum absolute atomic E-state index is 14.3. The third kappa shape index (κ3) is 3.68. The molecule has 0 fully saturated rings. The molecule has 3 rings (SSSR count). The Morgan fingerprint density at radius 1 is 1.15 bits per heavy atom. The molecule has 2 aromatic carbocycles. The zero-order chi connectivity index (χ0) is 19.8. The number of fused-ring (bicyclic) bond motifs is 1. The smallest absolute Gasteiger partial charge is 0.175 e. The van der Waals surface area contributed by atoms with Crippen LogP contribution in [-0.4, -0.2) is 33.5 Å². The van der Waals surface area contributed by atoms with Gasteiger partial charge in [-0.15, -0.1) is 0 Å². The summed E-state index contributed by atoms with van der Waals surface area (Å²) in [6.45, 7) is 1.92. The summed E-state index contributed by atoms with van der Waals surface area (Å²) in [5, 5.41) is 9.42. The SMILES string of the molecule is COc1cc2c(cc1F)/C(=C\c1ccc(S(C)(=O)=O)cc1)C(C)=C2CCO. The number of sulfone groups is 1. The van der Waals surface area contributed by atoms with Gasteiger partial charge in [-0.1, -0.05) is 12.1 Å². The Morgan fingerprint density at radius 2 is 1.81 bits per heavy atom. The molecule has 1 aliphatic carbocycles. The second-order valence-corrected chi connectivity index (χ2v) is 8.52. The zero-order valence-electron chi connectivity index (χ0n) is 15.4. The molecular formula is C21H21FO4S. The third-order valence-corrected chi connectivity index (χ3v) is 5.87. The molecule has 2 aromatic rings. The lowest BCUT2D eigenvalue weighted by Gasteiger charge is -2.09. The van der Waals surface area contributed by atoms with Gasteiger partial charge in [0.15, 0.2) is 21.4 Å². The van der Waals surface area contributed by atoms with Gasteiger partial charge in [0.05, 0.1) is 12.0 Å². The van der Waals surface area contributed by atoms with Crippen LogP contribution in [0.4, 0.5) is 4.39 Å². The van der Waals surface area contributed by atoms with Crippen molar-refractivity contribution in [3.63, 3.8) is 0 Å². The fourth-order valence-electron chi connectivity index (χ4n) is 3.35. The number of methoxy groups -OCH3 is 1. The molecule has 0 bridgehead atoms. The van der Waals surface area contributed by atoms with Gasteiger partial charge >= 0.3 is 0 Å².